The van der Waals surface area contributed by atoms with Gasteiger partial charge in [0.1, 0.15) is 11.8 Å². The summed E-state index contributed by atoms with van der Waals surface area (Å²) >= 11 is 0. The monoisotopic (exact) mass is 351 g/mol. The molecule has 1 saturated carbocycles. The van der Waals surface area contributed by atoms with Gasteiger partial charge < -0.3 is 19.9 Å². The van der Waals surface area contributed by atoms with E-state index in [1.54, 1.807) is 0 Å². The number of piperidine rings is 1. The second-order valence-corrected chi connectivity index (χ2v) is 7.16. The molecule has 7 heteroatoms. The van der Waals surface area contributed by atoms with Gasteiger partial charge in [0.15, 0.2) is 0 Å². The van der Waals surface area contributed by atoms with Crippen LogP contribution < -0.4 is 10.2 Å². The highest BCUT2D eigenvalue weighted by Gasteiger charge is 2.28. The molecule has 5 rings (SSSR count). The van der Waals surface area contributed by atoms with Gasteiger partial charge in [-0.3, -0.25) is 4.98 Å². The number of hydrogen-bond donors (Lipinski definition) is 2. The van der Waals surface area contributed by atoms with Gasteiger partial charge in [0.05, 0.1) is 18.4 Å². The Hall–Kier alpha value is -2.83. The molecule has 2 N–H and O–H groups in total. The van der Waals surface area contributed by atoms with Gasteiger partial charge in [-0.1, -0.05) is 0 Å². The average Bonchev–Trinajstić information content (AvgIpc) is 3.33. The number of H-pyrrole nitrogens is 1. The van der Waals surface area contributed by atoms with Gasteiger partial charge >= 0.3 is 6.09 Å². The first kappa shape index (κ1) is 15.4. The maximum Gasteiger partial charge on any atom is 0.407 e. The summed E-state index contributed by atoms with van der Waals surface area (Å²) in [7, 11) is 0. The first-order valence-corrected chi connectivity index (χ1v) is 9.20. The van der Waals surface area contributed by atoms with Crippen LogP contribution in [-0.4, -0.2) is 46.3 Å². The molecule has 0 bridgehead atoms. The topological polar surface area (TPSA) is 83.1 Å². The predicted octanol–water partition coefficient (Wildman–Crippen LogP) is 2.97. The molecule has 3 aromatic heterocycles. The van der Waals surface area contributed by atoms with Crippen molar-refractivity contribution in [3.05, 3.63) is 30.9 Å². The van der Waals surface area contributed by atoms with Gasteiger partial charge in [-0.15, -0.1) is 0 Å². The lowest BCUT2D eigenvalue weighted by Gasteiger charge is -2.34. The van der Waals surface area contributed by atoms with E-state index in [1.165, 1.54) is 0 Å². The van der Waals surface area contributed by atoms with Crippen molar-refractivity contribution in [2.75, 3.05) is 18.0 Å². The smallest absolute Gasteiger partial charge is 0.407 e. The molecule has 2 aliphatic rings. The Morgan fingerprint density at radius 3 is 3.08 bits per heavy atom. The second kappa shape index (κ2) is 6.16. The van der Waals surface area contributed by atoms with Crippen LogP contribution in [-0.2, 0) is 4.74 Å². The molecule has 134 valence electrons. The molecule has 1 aliphatic carbocycles. The number of fused-ring (bicyclic) bond motifs is 3. The summed E-state index contributed by atoms with van der Waals surface area (Å²) in [6.45, 7) is 1.62. The van der Waals surface area contributed by atoms with Gasteiger partial charge in [-0.25, -0.2) is 9.78 Å². The van der Waals surface area contributed by atoms with Crippen LogP contribution >= 0.6 is 0 Å². The molecule has 7 nitrogen and oxygen atoms in total. The summed E-state index contributed by atoms with van der Waals surface area (Å²) in [5.41, 5.74) is 1.95. The van der Waals surface area contributed by atoms with Crippen LogP contribution in [0, 0.1) is 0 Å². The number of hydrogen-bond acceptors (Lipinski definition) is 5. The van der Waals surface area contributed by atoms with Crippen molar-refractivity contribution in [3.63, 3.8) is 0 Å². The van der Waals surface area contributed by atoms with Crippen LogP contribution in [0.1, 0.15) is 25.7 Å². The van der Waals surface area contributed by atoms with Crippen LogP contribution in [0.15, 0.2) is 30.9 Å². The van der Waals surface area contributed by atoms with Crippen molar-refractivity contribution in [2.24, 2.45) is 0 Å². The van der Waals surface area contributed by atoms with E-state index >= 15 is 0 Å². The number of amides is 1. The zero-order valence-corrected chi connectivity index (χ0v) is 14.4. The van der Waals surface area contributed by atoms with E-state index in [1.807, 2.05) is 24.8 Å². The molecule has 0 aromatic carbocycles. The minimum atomic E-state index is -0.285. The SMILES string of the molecule is O=C(NC1CC1)OC1CCCN(c2cncc3cnc4[nH]ccc4c23)C1. The van der Waals surface area contributed by atoms with Crippen molar-refractivity contribution in [2.45, 2.75) is 37.8 Å². The van der Waals surface area contributed by atoms with Crippen LogP contribution in [0.4, 0.5) is 10.5 Å². The Labute approximate surface area is 150 Å². The van der Waals surface area contributed by atoms with E-state index in [2.05, 4.69) is 31.2 Å². The molecular weight excluding hydrogens is 330 g/mol. The fourth-order valence-corrected chi connectivity index (χ4v) is 3.73. The second-order valence-electron chi connectivity index (χ2n) is 7.16. The number of rotatable bonds is 3. The molecule has 1 aliphatic heterocycles. The molecule has 1 atom stereocenters. The van der Waals surface area contributed by atoms with E-state index in [9.17, 15) is 4.79 Å². The highest BCUT2D eigenvalue weighted by Crippen LogP contribution is 2.33. The fourth-order valence-electron chi connectivity index (χ4n) is 3.73. The third-order valence-corrected chi connectivity index (χ3v) is 5.17. The van der Waals surface area contributed by atoms with Crippen molar-refractivity contribution < 1.29 is 9.53 Å². The summed E-state index contributed by atoms with van der Waals surface area (Å²) in [5, 5.41) is 6.16. The van der Waals surface area contributed by atoms with Gasteiger partial charge in [0.25, 0.3) is 0 Å². The number of ether oxygens (including phenoxy) is 1. The number of aromatic nitrogens is 3. The Balaban J connectivity index is 1.43. The zero-order valence-electron chi connectivity index (χ0n) is 14.4. The lowest BCUT2D eigenvalue weighted by Crippen LogP contribution is -2.42. The number of carbonyl (C=O) groups is 1. The van der Waals surface area contributed by atoms with Crippen LogP contribution in [0.2, 0.25) is 0 Å². The number of aromatic amines is 1. The van der Waals surface area contributed by atoms with Gasteiger partial charge in [0, 0.05) is 47.3 Å². The Morgan fingerprint density at radius 1 is 1.27 bits per heavy atom. The van der Waals surface area contributed by atoms with E-state index in [4.69, 9.17) is 4.74 Å². The number of carbonyl (C=O) groups excluding carboxylic acids is 1. The third kappa shape index (κ3) is 2.83. The average molecular weight is 351 g/mol. The summed E-state index contributed by atoms with van der Waals surface area (Å²) in [6.07, 6.45) is 11.1. The third-order valence-electron chi connectivity index (χ3n) is 5.17. The van der Waals surface area contributed by atoms with Crippen molar-refractivity contribution in [3.8, 4) is 0 Å². The quantitative estimate of drug-likeness (QED) is 0.758. The first-order valence-electron chi connectivity index (χ1n) is 9.20. The normalized spacial score (nSPS) is 20.5. The minimum absolute atomic E-state index is 0.0960. The molecule has 2 fully saturated rings. The number of nitrogens with one attached hydrogen (secondary N) is 2. The number of anilines is 1. The molecule has 0 spiro atoms. The summed E-state index contributed by atoms with van der Waals surface area (Å²) < 4.78 is 5.65. The van der Waals surface area contributed by atoms with E-state index < -0.39 is 0 Å². The van der Waals surface area contributed by atoms with Gasteiger partial charge in [-0.05, 0) is 31.7 Å². The maximum absolute atomic E-state index is 12.0. The minimum Gasteiger partial charge on any atom is -0.444 e. The summed E-state index contributed by atoms with van der Waals surface area (Å²) in [4.78, 5) is 26.3. The standard InChI is InChI=1S/C19H21N5O2/c25-19(23-13-3-4-13)26-14-2-1-7-24(11-14)16-10-20-8-12-9-22-18-15(17(12)16)5-6-21-18/h5-6,8-10,13-14H,1-4,7,11H2,(H,21,22)(H,23,25). The van der Waals surface area contributed by atoms with Crippen LogP contribution in [0.3, 0.4) is 0 Å². The number of alkyl carbamates (subject to hydrolysis) is 1. The molecule has 26 heavy (non-hydrogen) atoms. The largest absolute Gasteiger partial charge is 0.444 e. The van der Waals surface area contributed by atoms with Crippen LogP contribution in [0.5, 0.6) is 0 Å². The van der Waals surface area contributed by atoms with Gasteiger partial charge in [0.2, 0.25) is 0 Å². The first-order chi connectivity index (χ1) is 12.8. The van der Waals surface area contributed by atoms with Crippen molar-refractivity contribution >= 4 is 33.6 Å². The fraction of sp³-hybridized carbons (Fsp3) is 0.421. The highest BCUT2D eigenvalue weighted by atomic mass is 16.6. The lowest BCUT2D eigenvalue weighted by molar-refractivity contribution is 0.0880. The Morgan fingerprint density at radius 2 is 2.19 bits per heavy atom. The number of pyridine rings is 2. The molecule has 1 saturated heterocycles. The molecule has 1 amide bonds. The highest BCUT2D eigenvalue weighted by molar-refractivity contribution is 6.10. The molecule has 1 unspecified atom stereocenters. The molecule has 4 heterocycles. The lowest BCUT2D eigenvalue weighted by atomic mass is 10.0. The van der Waals surface area contributed by atoms with E-state index in [-0.39, 0.29) is 12.2 Å². The van der Waals surface area contributed by atoms with E-state index in [0.717, 1.165) is 59.7 Å². The van der Waals surface area contributed by atoms with Crippen LogP contribution in [0.25, 0.3) is 21.8 Å². The Bertz CT molecular complexity index is 965. The number of nitrogens with zero attached hydrogens (tertiary/aromatic N) is 3. The maximum atomic E-state index is 12.0. The summed E-state index contributed by atoms with van der Waals surface area (Å²) in [6, 6.07) is 2.37. The zero-order chi connectivity index (χ0) is 17.5. The van der Waals surface area contributed by atoms with Crippen molar-refractivity contribution in [1.82, 2.24) is 20.3 Å². The van der Waals surface area contributed by atoms with E-state index in [0.29, 0.717) is 12.6 Å². The predicted molar refractivity (Wildman–Crippen MR) is 99.3 cm³/mol. The van der Waals surface area contributed by atoms with Gasteiger partial charge in [-0.2, -0.15) is 0 Å². The molecule has 3 aromatic rings. The molecular formula is C19H21N5O2. The Kier molecular flexibility index (Phi) is 3.65. The molecule has 0 radical (unpaired) electrons. The van der Waals surface area contributed by atoms with Crippen molar-refractivity contribution in [1.29, 1.82) is 0 Å². The summed E-state index contributed by atoms with van der Waals surface area (Å²) in [5.74, 6) is 0.